The van der Waals surface area contributed by atoms with Crippen LogP contribution in [0.3, 0.4) is 0 Å². The minimum Gasteiger partial charge on any atom is -0.389 e. The Morgan fingerprint density at radius 2 is 1.64 bits per heavy atom. The maximum absolute atomic E-state index is 12.7. The molecule has 4 nitrogen and oxygen atoms in total. The Bertz CT molecular complexity index is 911. The third-order valence-corrected chi connectivity index (χ3v) is 5.50. The minimum absolute atomic E-state index is 0.0924. The summed E-state index contributed by atoms with van der Waals surface area (Å²) in [4.78, 5) is 25.3. The number of rotatable bonds is 5. The van der Waals surface area contributed by atoms with Gasteiger partial charge >= 0.3 is 0 Å². The Labute approximate surface area is 166 Å². The molecule has 0 spiro atoms. The van der Waals surface area contributed by atoms with E-state index in [1.54, 1.807) is 6.92 Å². The van der Waals surface area contributed by atoms with E-state index in [-0.39, 0.29) is 18.0 Å². The summed E-state index contributed by atoms with van der Waals surface area (Å²) in [6.45, 7) is 6.71. The summed E-state index contributed by atoms with van der Waals surface area (Å²) in [6, 6.07) is 17.4. The lowest BCUT2D eigenvalue weighted by atomic mass is 9.64. The number of Topliss-reactive ketones (excluding diaryl/α,β-unsaturated/α-hetero) is 2. The van der Waals surface area contributed by atoms with Crippen molar-refractivity contribution in [1.82, 2.24) is 0 Å². The summed E-state index contributed by atoms with van der Waals surface area (Å²) in [7, 11) is 0. The first-order chi connectivity index (χ1) is 13.2. The second kappa shape index (κ2) is 7.72. The normalized spacial score (nSPS) is 24.8. The van der Waals surface area contributed by atoms with Crippen LogP contribution in [0.5, 0.6) is 0 Å². The summed E-state index contributed by atoms with van der Waals surface area (Å²) >= 11 is 0. The van der Waals surface area contributed by atoms with E-state index in [2.05, 4.69) is 5.32 Å². The summed E-state index contributed by atoms with van der Waals surface area (Å²) in [5.41, 5.74) is 2.82. The number of hydrogen-bond acceptors (Lipinski definition) is 4. The molecule has 2 aromatic rings. The van der Waals surface area contributed by atoms with Gasteiger partial charge in [-0.2, -0.15) is 0 Å². The van der Waals surface area contributed by atoms with Crippen LogP contribution in [0, 0.1) is 12.8 Å². The average molecular weight is 377 g/mol. The van der Waals surface area contributed by atoms with Gasteiger partial charge in [-0.15, -0.1) is 0 Å². The highest BCUT2D eigenvalue weighted by Gasteiger charge is 2.49. The number of carbonyl (C=O) groups excluding carboxylic acids is 2. The number of benzene rings is 2. The van der Waals surface area contributed by atoms with Crippen molar-refractivity contribution in [2.75, 3.05) is 5.32 Å². The molecule has 0 heterocycles. The zero-order chi connectivity index (χ0) is 20.5. The van der Waals surface area contributed by atoms with E-state index in [0.29, 0.717) is 11.3 Å². The highest BCUT2D eigenvalue weighted by molar-refractivity contribution is 5.98. The van der Waals surface area contributed by atoms with Crippen LogP contribution in [0.1, 0.15) is 44.2 Å². The fourth-order valence-electron chi connectivity index (χ4n) is 4.32. The molecule has 2 aromatic carbocycles. The number of anilines is 1. The lowest BCUT2D eigenvalue weighted by Gasteiger charge is -2.43. The Balaban J connectivity index is 2.18. The van der Waals surface area contributed by atoms with Crippen LogP contribution in [-0.4, -0.2) is 22.3 Å². The lowest BCUT2D eigenvalue weighted by molar-refractivity contribution is -0.131. The van der Waals surface area contributed by atoms with E-state index < -0.39 is 17.4 Å². The number of aryl methyl sites for hydroxylation is 1. The molecular weight excluding hydrogens is 350 g/mol. The molecule has 1 aliphatic carbocycles. The molecule has 4 heteroatoms. The summed E-state index contributed by atoms with van der Waals surface area (Å²) in [5, 5.41) is 14.6. The molecule has 3 rings (SSSR count). The number of nitrogens with one attached hydrogen (secondary N) is 1. The number of ketones is 2. The molecule has 0 aliphatic heterocycles. The monoisotopic (exact) mass is 377 g/mol. The van der Waals surface area contributed by atoms with Gasteiger partial charge in [-0.3, -0.25) is 9.59 Å². The maximum atomic E-state index is 12.7. The van der Waals surface area contributed by atoms with Crippen molar-refractivity contribution >= 4 is 17.3 Å². The molecule has 1 aliphatic rings. The Hall–Kier alpha value is -2.72. The molecule has 0 aromatic heterocycles. The van der Waals surface area contributed by atoms with E-state index >= 15 is 0 Å². The largest absolute Gasteiger partial charge is 0.389 e. The minimum atomic E-state index is -1.27. The van der Waals surface area contributed by atoms with Crippen LogP contribution in [0.15, 0.2) is 65.9 Å². The highest BCUT2D eigenvalue weighted by atomic mass is 16.3. The van der Waals surface area contributed by atoms with Crippen LogP contribution < -0.4 is 5.32 Å². The number of hydrogen-bond donors (Lipinski definition) is 2. The number of carbonyl (C=O) groups is 2. The summed E-state index contributed by atoms with van der Waals surface area (Å²) in [6.07, 6.45) is 0.212. The van der Waals surface area contributed by atoms with Gasteiger partial charge in [-0.05, 0) is 45.4 Å². The van der Waals surface area contributed by atoms with Gasteiger partial charge < -0.3 is 10.4 Å². The van der Waals surface area contributed by atoms with Gasteiger partial charge in [0.25, 0.3) is 0 Å². The third-order valence-electron chi connectivity index (χ3n) is 5.50. The Morgan fingerprint density at radius 1 is 1.04 bits per heavy atom. The molecular formula is C24H27NO3. The van der Waals surface area contributed by atoms with Crippen LogP contribution in [-0.2, 0) is 9.59 Å². The van der Waals surface area contributed by atoms with Crippen molar-refractivity contribution in [3.63, 3.8) is 0 Å². The first-order valence-electron chi connectivity index (χ1n) is 9.56. The van der Waals surface area contributed by atoms with Crippen molar-refractivity contribution in [2.45, 2.75) is 45.6 Å². The van der Waals surface area contributed by atoms with Crippen molar-refractivity contribution in [2.24, 2.45) is 5.92 Å². The molecule has 0 radical (unpaired) electrons. The average Bonchev–Trinajstić information content (AvgIpc) is 2.62. The predicted octanol–water partition coefficient (Wildman–Crippen LogP) is 4.39. The van der Waals surface area contributed by atoms with Gasteiger partial charge in [-0.25, -0.2) is 0 Å². The Kier molecular flexibility index (Phi) is 5.52. The number of allylic oxidation sites excluding steroid dienone is 1. The standard InChI is InChI=1S/C24H27NO3/c1-15-10-12-19(13-11-15)25-20-14-24(4,28)23(17(3)27)22(21(20)16(2)26)18-8-6-5-7-9-18/h5-13,22-23,25,28H,14H2,1-4H3/t22-,23-,24+/m1/s1. The predicted molar refractivity (Wildman–Crippen MR) is 111 cm³/mol. The van der Waals surface area contributed by atoms with Gasteiger partial charge in [0.1, 0.15) is 5.78 Å². The highest BCUT2D eigenvalue weighted by Crippen LogP contribution is 2.47. The molecule has 2 N–H and O–H groups in total. The molecule has 3 atom stereocenters. The molecule has 0 saturated heterocycles. The smallest absolute Gasteiger partial charge is 0.158 e. The summed E-state index contributed by atoms with van der Waals surface area (Å²) < 4.78 is 0. The van der Waals surface area contributed by atoms with Gasteiger partial charge in [0.2, 0.25) is 0 Å². The molecule has 146 valence electrons. The lowest BCUT2D eigenvalue weighted by Crippen LogP contribution is -2.48. The van der Waals surface area contributed by atoms with Crippen LogP contribution >= 0.6 is 0 Å². The fourth-order valence-corrected chi connectivity index (χ4v) is 4.32. The van der Waals surface area contributed by atoms with E-state index in [0.717, 1.165) is 16.8 Å². The van der Waals surface area contributed by atoms with Crippen LogP contribution in [0.25, 0.3) is 0 Å². The SMILES string of the molecule is CC(=O)C1=C(Nc2ccc(C)cc2)C[C@](C)(O)[C@H](C(C)=O)[C@@H]1c1ccccc1. The molecule has 28 heavy (non-hydrogen) atoms. The zero-order valence-electron chi connectivity index (χ0n) is 16.8. The molecule has 0 unspecified atom stereocenters. The first kappa shape index (κ1) is 20.0. The van der Waals surface area contributed by atoms with E-state index in [4.69, 9.17) is 0 Å². The van der Waals surface area contributed by atoms with Gasteiger partial charge in [0.05, 0.1) is 11.5 Å². The van der Waals surface area contributed by atoms with E-state index in [1.807, 2.05) is 61.5 Å². The second-order valence-corrected chi connectivity index (χ2v) is 7.95. The van der Waals surface area contributed by atoms with Gasteiger partial charge in [0, 0.05) is 29.3 Å². The second-order valence-electron chi connectivity index (χ2n) is 7.95. The third kappa shape index (κ3) is 3.92. The quantitative estimate of drug-likeness (QED) is 0.811. The zero-order valence-corrected chi connectivity index (χ0v) is 16.8. The number of aliphatic hydroxyl groups is 1. The molecule has 0 saturated carbocycles. The first-order valence-corrected chi connectivity index (χ1v) is 9.56. The Morgan fingerprint density at radius 3 is 2.18 bits per heavy atom. The fraction of sp³-hybridized carbons (Fsp3) is 0.333. The van der Waals surface area contributed by atoms with Crippen molar-refractivity contribution in [3.8, 4) is 0 Å². The van der Waals surface area contributed by atoms with Crippen molar-refractivity contribution < 1.29 is 14.7 Å². The van der Waals surface area contributed by atoms with E-state index in [1.165, 1.54) is 13.8 Å². The molecule has 0 bridgehead atoms. The van der Waals surface area contributed by atoms with Crippen LogP contribution in [0.2, 0.25) is 0 Å². The maximum Gasteiger partial charge on any atom is 0.158 e. The van der Waals surface area contributed by atoms with Crippen LogP contribution in [0.4, 0.5) is 5.69 Å². The van der Waals surface area contributed by atoms with Crippen molar-refractivity contribution in [1.29, 1.82) is 0 Å². The van der Waals surface area contributed by atoms with E-state index in [9.17, 15) is 14.7 Å². The van der Waals surface area contributed by atoms with Crippen molar-refractivity contribution in [3.05, 3.63) is 77.0 Å². The molecule has 0 amide bonds. The topological polar surface area (TPSA) is 66.4 Å². The summed E-state index contributed by atoms with van der Waals surface area (Å²) in [5.74, 6) is -1.39. The van der Waals surface area contributed by atoms with Gasteiger partial charge in [0.15, 0.2) is 5.78 Å². The van der Waals surface area contributed by atoms with Gasteiger partial charge in [-0.1, -0.05) is 48.0 Å². The molecule has 0 fully saturated rings.